The fourth-order valence-electron chi connectivity index (χ4n) is 3.37. The van der Waals surface area contributed by atoms with Crippen LogP contribution in [0.5, 0.6) is 0 Å². The first-order chi connectivity index (χ1) is 13.0. The van der Waals surface area contributed by atoms with Crippen LogP contribution in [0.4, 0.5) is 0 Å². The number of carboxylic acid groups (broad SMARTS) is 1. The fourth-order valence-corrected chi connectivity index (χ4v) is 3.37. The van der Waals surface area contributed by atoms with E-state index in [0.717, 1.165) is 17.8 Å². The van der Waals surface area contributed by atoms with E-state index in [9.17, 15) is 19.5 Å². The summed E-state index contributed by atoms with van der Waals surface area (Å²) < 4.78 is 11.5. The molecule has 1 fully saturated rings. The summed E-state index contributed by atoms with van der Waals surface area (Å²) in [5.41, 5.74) is 0.975. The highest BCUT2D eigenvalue weighted by Gasteiger charge is 2.40. The SMILES string of the molecule is O=C1CCC2=CC(=CCC=C2)OCCOC2CC(C(=O)O)N(C2)C(=O)CN1. The smallest absolute Gasteiger partial charge is 0.326 e. The largest absolute Gasteiger partial charge is 0.492 e. The standard InChI is InChI=1S/C19H24N2O6/c22-17-6-5-13-3-1-2-4-14(9-13)26-7-8-27-15-10-16(19(24)25)21(12-15)18(23)11-20-17/h1,3-4,9,15-16H,2,5-8,10-12H2,(H,20,22)(H,24,25). The number of ether oxygens (including phenoxy) is 2. The summed E-state index contributed by atoms with van der Waals surface area (Å²) >= 11 is 0. The third kappa shape index (κ3) is 5.19. The molecule has 1 saturated heterocycles. The number of nitrogens with zero attached hydrogens (tertiary/aromatic N) is 1. The Hall–Kier alpha value is -2.61. The van der Waals surface area contributed by atoms with Crippen LogP contribution in [0.15, 0.2) is 35.6 Å². The molecule has 146 valence electrons. The summed E-state index contributed by atoms with van der Waals surface area (Å²) in [7, 11) is 0. The highest BCUT2D eigenvalue weighted by molar-refractivity contribution is 5.88. The van der Waals surface area contributed by atoms with Crippen molar-refractivity contribution in [3.8, 4) is 0 Å². The van der Waals surface area contributed by atoms with Crippen LogP contribution in [0.1, 0.15) is 25.7 Å². The van der Waals surface area contributed by atoms with Gasteiger partial charge < -0.3 is 24.8 Å². The number of rotatable bonds is 1. The lowest BCUT2D eigenvalue weighted by Crippen LogP contribution is -2.45. The summed E-state index contributed by atoms with van der Waals surface area (Å²) in [6, 6.07) is -0.935. The third-order valence-corrected chi connectivity index (χ3v) is 4.77. The average molecular weight is 376 g/mol. The molecule has 8 nitrogen and oxygen atoms in total. The van der Waals surface area contributed by atoms with Crippen LogP contribution >= 0.6 is 0 Å². The van der Waals surface area contributed by atoms with Crippen LogP contribution < -0.4 is 5.32 Å². The molecule has 2 aliphatic heterocycles. The molecule has 8 heteroatoms. The number of nitrogens with one attached hydrogen (secondary N) is 1. The molecule has 2 N–H and O–H groups in total. The lowest BCUT2D eigenvalue weighted by atomic mass is 10.1. The van der Waals surface area contributed by atoms with Gasteiger partial charge in [-0.05, 0) is 30.6 Å². The van der Waals surface area contributed by atoms with E-state index < -0.39 is 17.9 Å². The zero-order chi connectivity index (χ0) is 19.2. The van der Waals surface area contributed by atoms with E-state index in [4.69, 9.17) is 9.47 Å². The second-order valence-corrected chi connectivity index (χ2v) is 6.72. The van der Waals surface area contributed by atoms with Crippen LogP contribution in [0, 0.1) is 0 Å². The molecule has 0 aromatic heterocycles. The number of aliphatic carboxylic acids is 1. The molecule has 2 amide bonds. The van der Waals surface area contributed by atoms with E-state index >= 15 is 0 Å². The molecule has 0 aromatic carbocycles. The molecule has 4 bridgehead atoms. The van der Waals surface area contributed by atoms with Crippen LogP contribution in [-0.2, 0) is 23.9 Å². The zero-order valence-electron chi connectivity index (χ0n) is 15.1. The topological polar surface area (TPSA) is 105 Å². The van der Waals surface area contributed by atoms with E-state index in [-0.39, 0.29) is 37.9 Å². The van der Waals surface area contributed by atoms with Gasteiger partial charge in [-0.1, -0.05) is 12.2 Å². The molecule has 2 atom stereocenters. The Labute approximate surface area is 157 Å². The van der Waals surface area contributed by atoms with Gasteiger partial charge in [0.2, 0.25) is 11.8 Å². The monoisotopic (exact) mass is 376 g/mol. The van der Waals surface area contributed by atoms with Crippen LogP contribution in [0.25, 0.3) is 0 Å². The van der Waals surface area contributed by atoms with Gasteiger partial charge in [0, 0.05) is 19.4 Å². The van der Waals surface area contributed by atoms with Gasteiger partial charge in [0.05, 0.1) is 19.3 Å². The highest BCUT2D eigenvalue weighted by Crippen LogP contribution is 2.22. The van der Waals surface area contributed by atoms with Crippen LogP contribution in [0.3, 0.4) is 0 Å². The number of amides is 2. The van der Waals surface area contributed by atoms with E-state index in [2.05, 4.69) is 5.32 Å². The molecule has 3 aliphatic rings. The second kappa shape index (κ2) is 8.85. The molecule has 0 radical (unpaired) electrons. The number of allylic oxidation sites excluding steroid dienone is 5. The molecular formula is C19H24N2O6. The van der Waals surface area contributed by atoms with Crippen molar-refractivity contribution in [1.29, 1.82) is 0 Å². The van der Waals surface area contributed by atoms with Gasteiger partial charge in [0.1, 0.15) is 18.4 Å². The van der Waals surface area contributed by atoms with Crippen LogP contribution in [-0.4, -0.2) is 66.2 Å². The number of carboxylic acids is 1. The van der Waals surface area contributed by atoms with Gasteiger partial charge in [-0.25, -0.2) is 4.79 Å². The maximum atomic E-state index is 12.4. The maximum Gasteiger partial charge on any atom is 0.326 e. The van der Waals surface area contributed by atoms with E-state index in [0.29, 0.717) is 19.6 Å². The van der Waals surface area contributed by atoms with E-state index in [1.54, 1.807) is 0 Å². The zero-order valence-corrected chi connectivity index (χ0v) is 15.1. The first-order valence-corrected chi connectivity index (χ1v) is 9.13. The lowest BCUT2D eigenvalue weighted by molar-refractivity contribution is -0.148. The first-order valence-electron chi connectivity index (χ1n) is 9.13. The molecule has 0 spiro atoms. The third-order valence-electron chi connectivity index (χ3n) is 4.77. The minimum absolute atomic E-state index is 0.197. The molecule has 0 aromatic rings. The summed E-state index contributed by atoms with van der Waals surface area (Å²) in [4.78, 5) is 37.2. The van der Waals surface area contributed by atoms with Gasteiger partial charge in [0.25, 0.3) is 0 Å². The van der Waals surface area contributed by atoms with Crippen molar-refractivity contribution >= 4 is 17.8 Å². The summed E-state index contributed by atoms with van der Waals surface area (Å²) in [6.45, 7) is 0.628. The molecule has 0 saturated carbocycles. The maximum absolute atomic E-state index is 12.4. The van der Waals surface area contributed by atoms with Crippen LogP contribution in [0.2, 0.25) is 0 Å². The Kier molecular flexibility index (Phi) is 6.28. The highest BCUT2D eigenvalue weighted by atomic mass is 16.5. The summed E-state index contributed by atoms with van der Waals surface area (Å²) in [5, 5.41) is 12.0. The molecule has 2 unspecified atom stereocenters. The minimum Gasteiger partial charge on any atom is -0.492 e. The van der Waals surface area contributed by atoms with Crippen molar-refractivity contribution in [1.82, 2.24) is 10.2 Å². The van der Waals surface area contributed by atoms with Crippen molar-refractivity contribution in [2.45, 2.75) is 37.8 Å². The number of carbonyl (C=O) groups is 3. The van der Waals surface area contributed by atoms with Crippen molar-refractivity contribution in [2.24, 2.45) is 0 Å². The number of carbonyl (C=O) groups excluding carboxylic acids is 2. The van der Waals surface area contributed by atoms with Gasteiger partial charge in [0.15, 0.2) is 0 Å². The second-order valence-electron chi connectivity index (χ2n) is 6.72. The van der Waals surface area contributed by atoms with E-state index in [1.807, 2.05) is 24.3 Å². The minimum atomic E-state index is -1.07. The Morgan fingerprint density at radius 3 is 2.93 bits per heavy atom. The molecule has 27 heavy (non-hydrogen) atoms. The predicted molar refractivity (Wildman–Crippen MR) is 95.6 cm³/mol. The molecule has 2 heterocycles. The molecule has 1 aliphatic carbocycles. The molecule has 3 rings (SSSR count). The summed E-state index contributed by atoms with van der Waals surface area (Å²) in [5.74, 6) is -0.996. The average Bonchev–Trinajstić information content (AvgIpc) is 2.94. The quantitative estimate of drug-likeness (QED) is 0.700. The van der Waals surface area contributed by atoms with Crippen molar-refractivity contribution < 1.29 is 29.0 Å². The van der Waals surface area contributed by atoms with Crippen molar-refractivity contribution in [2.75, 3.05) is 26.3 Å². The Morgan fingerprint density at radius 2 is 2.11 bits per heavy atom. The van der Waals surface area contributed by atoms with Crippen molar-refractivity contribution in [3.63, 3.8) is 0 Å². The molecular weight excluding hydrogens is 352 g/mol. The van der Waals surface area contributed by atoms with E-state index in [1.165, 1.54) is 4.90 Å². The van der Waals surface area contributed by atoms with Gasteiger partial charge in [-0.15, -0.1) is 0 Å². The Bertz CT molecular complexity index is 696. The number of fused-ring (bicyclic) bond motifs is 3. The Morgan fingerprint density at radius 1 is 1.26 bits per heavy atom. The number of hydrogen-bond acceptors (Lipinski definition) is 5. The first kappa shape index (κ1) is 19.2. The van der Waals surface area contributed by atoms with Gasteiger partial charge >= 0.3 is 5.97 Å². The van der Waals surface area contributed by atoms with Gasteiger partial charge in [-0.2, -0.15) is 0 Å². The number of hydrogen-bond donors (Lipinski definition) is 2. The Balaban J connectivity index is 1.71. The normalized spacial score (nSPS) is 27.2. The van der Waals surface area contributed by atoms with Crippen molar-refractivity contribution in [3.05, 3.63) is 35.6 Å². The summed E-state index contributed by atoms with van der Waals surface area (Å²) in [6.07, 6.45) is 9.22. The predicted octanol–water partition coefficient (Wildman–Crippen LogP) is 0.754. The fraction of sp³-hybridized carbons (Fsp3) is 0.526. The van der Waals surface area contributed by atoms with Gasteiger partial charge in [-0.3, -0.25) is 9.59 Å². The lowest BCUT2D eigenvalue weighted by Gasteiger charge is -2.21.